The van der Waals surface area contributed by atoms with E-state index in [1.54, 1.807) is 24.4 Å². The number of carbonyl (C=O) groups excluding carboxylic acids is 2. The number of H-pyrrole nitrogens is 1. The van der Waals surface area contributed by atoms with Gasteiger partial charge in [0.15, 0.2) is 6.29 Å². The first-order valence-electron chi connectivity index (χ1n) is 11.6. The standard InChI is InChI=1S/C28H26N2O5/c31-15-18-14-30-25-13-17(9-10-19(18)25)27(33)26(32)11-12-29-28(34)35-16-24-22-7-3-1-5-20(22)21-6-2-4-8-23(21)24/h1-10,13-15,24,26-27,30,32-33H,11-12,16H2,(H,29,34). The van der Waals surface area contributed by atoms with E-state index < -0.39 is 18.3 Å². The van der Waals surface area contributed by atoms with E-state index in [1.807, 2.05) is 24.3 Å². The molecule has 0 radical (unpaired) electrons. The molecule has 2 unspecified atom stereocenters. The summed E-state index contributed by atoms with van der Waals surface area (Å²) in [4.78, 5) is 26.4. The molecule has 3 aromatic carbocycles. The van der Waals surface area contributed by atoms with Crippen molar-refractivity contribution in [1.82, 2.24) is 10.3 Å². The zero-order valence-electron chi connectivity index (χ0n) is 19.0. The van der Waals surface area contributed by atoms with E-state index in [4.69, 9.17) is 4.74 Å². The summed E-state index contributed by atoms with van der Waals surface area (Å²) in [5.41, 5.74) is 6.36. The summed E-state index contributed by atoms with van der Waals surface area (Å²) in [5, 5.41) is 24.4. The Kier molecular flexibility index (Phi) is 6.35. The molecule has 0 saturated heterocycles. The van der Waals surface area contributed by atoms with Crippen LogP contribution < -0.4 is 5.32 Å². The van der Waals surface area contributed by atoms with Crippen molar-refractivity contribution < 1.29 is 24.5 Å². The SMILES string of the molecule is O=Cc1c[nH]c2cc(C(O)C(O)CCNC(=O)OCC3c4ccccc4-c4ccccc43)ccc12. The van der Waals surface area contributed by atoms with Crippen molar-refractivity contribution in [1.29, 1.82) is 0 Å². The Labute approximate surface area is 202 Å². The number of nitrogens with one attached hydrogen (secondary N) is 2. The highest BCUT2D eigenvalue weighted by atomic mass is 16.5. The highest BCUT2D eigenvalue weighted by molar-refractivity contribution is 5.97. The lowest BCUT2D eigenvalue weighted by Crippen LogP contribution is -2.30. The van der Waals surface area contributed by atoms with Crippen molar-refractivity contribution in [2.45, 2.75) is 24.5 Å². The second kappa shape index (κ2) is 9.74. The first-order valence-corrected chi connectivity index (χ1v) is 11.6. The van der Waals surface area contributed by atoms with Crippen molar-refractivity contribution in [2.75, 3.05) is 13.2 Å². The second-order valence-electron chi connectivity index (χ2n) is 8.72. The van der Waals surface area contributed by atoms with Crippen LogP contribution in [0.15, 0.2) is 72.9 Å². The predicted molar refractivity (Wildman–Crippen MR) is 132 cm³/mol. The molecule has 1 aromatic heterocycles. The molecule has 7 nitrogen and oxygen atoms in total. The van der Waals surface area contributed by atoms with Crippen LogP contribution in [0.4, 0.5) is 4.79 Å². The molecule has 178 valence electrons. The number of benzene rings is 3. The fourth-order valence-corrected chi connectivity index (χ4v) is 4.80. The van der Waals surface area contributed by atoms with Crippen LogP contribution in [-0.4, -0.2) is 46.8 Å². The van der Waals surface area contributed by atoms with Crippen molar-refractivity contribution in [3.05, 3.63) is 95.2 Å². The van der Waals surface area contributed by atoms with Crippen molar-refractivity contribution in [3.8, 4) is 11.1 Å². The number of fused-ring (bicyclic) bond motifs is 4. The lowest BCUT2D eigenvalue weighted by Gasteiger charge is -2.19. The largest absolute Gasteiger partial charge is 0.449 e. The van der Waals surface area contributed by atoms with Gasteiger partial charge in [0, 0.05) is 35.1 Å². The van der Waals surface area contributed by atoms with Crippen LogP contribution >= 0.6 is 0 Å². The smallest absolute Gasteiger partial charge is 0.407 e. The van der Waals surface area contributed by atoms with Crippen LogP contribution in [0.3, 0.4) is 0 Å². The molecule has 4 N–H and O–H groups in total. The molecule has 0 spiro atoms. The van der Waals surface area contributed by atoms with E-state index in [-0.39, 0.29) is 25.5 Å². The van der Waals surface area contributed by atoms with Gasteiger partial charge in [0.1, 0.15) is 12.7 Å². The summed E-state index contributed by atoms with van der Waals surface area (Å²) in [6.07, 6.45) is -0.272. The van der Waals surface area contributed by atoms with Gasteiger partial charge in [0.25, 0.3) is 0 Å². The number of ether oxygens (including phenoxy) is 1. The number of aromatic amines is 1. The molecule has 5 rings (SSSR count). The average molecular weight is 471 g/mol. The molecule has 0 aliphatic heterocycles. The Morgan fingerprint density at radius 1 is 1.03 bits per heavy atom. The molecule has 1 aliphatic carbocycles. The van der Waals surface area contributed by atoms with E-state index in [2.05, 4.69) is 34.6 Å². The van der Waals surface area contributed by atoms with Gasteiger partial charge < -0.3 is 25.3 Å². The summed E-state index contributed by atoms with van der Waals surface area (Å²) in [5.74, 6) is -0.0248. The molecule has 4 aromatic rings. The van der Waals surface area contributed by atoms with E-state index >= 15 is 0 Å². The number of hydrogen-bond donors (Lipinski definition) is 4. The van der Waals surface area contributed by atoms with Gasteiger partial charge in [0.05, 0.1) is 6.10 Å². The number of rotatable bonds is 8. The fourth-order valence-electron chi connectivity index (χ4n) is 4.80. The zero-order chi connectivity index (χ0) is 24.4. The van der Waals surface area contributed by atoms with Crippen molar-refractivity contribution in [2.24, 2.45) is 0 Å². The minimum Gasteiger partial charge on any atom is -0.449 e. The van der Waals surface area contributed by atoms with Crippen molar-refractivity contribution >= 4 is 23.3 Å². The Bertz CT molecular complexity index is 1330. The molecule has 0 fully saturated rings. The summed E-state index contributed by atoms with van der Waals surface area (Å²) in [7, 11) is 0. The van der Waals surface area contributed by atoms with Crippen LogP contribution in [-0.2, 0) is 4.74 Å². The number of aromatic nitrogens is 1. The highest BCUT2D eigenvalue weighted by Gasteiger charge is 2.29. The number of carbonyl (C=O) groups is 2. The quantitative estimate of drug-likeness (QED) is 0.287. The van der Waals surface area contributed by atoms with Crippen LogP contribution in [0.1, 0.15) is 45.5 Å². The fraction of sp³-hybridized carbons (Fsp3) is 0.214. The van der Waals surface area contributed by atoms with Gasteiger partial charge in [-0.1, -0.05) is 60.7 Å². The van der Waals surface area contributed by atoms with Crippen LogP contribution in [0.2, 0.25) is 0 Å². The van der Waals surface area contributed by atoms with Gasteiger partial charge in [-0.25, -0.2) is 4.79 Å². The maximum atomic E-state index is 12.3. The van der Waals surface area contributed by atoms with E-state index in [0.717, 1.165) is 33.9 Å². The number of aliphatic hydroxyl groups excluding tert-OH is 2. The summed E-state index contributed by atoms with van der Waals surface area (Å²) < 4.78 is 5.50. The summed E-state index contributed by atoms with van der Waals surface area (Å²) in [6, 6.07) is 21.4. The minimum absolute atomic E-state index is 0.0248. The Balaban J connectivity index is 1.13. The predicted octanol–water partition coefficient (Wildman–Crippen LogP) is 4.30. The first-order chi connectivity index (χ1) is 17.1. The van der Waals surface area contributed by atoms with Crippen LogP contribution in [0.5, 0.6) is 0 Å². The molecule has 0 saturated carbocycles. The molecular weight excluding hydrogens is 444 g/mol. The normalized spacial score (nSPS) is 14.2. The van der Waals surface area contributed by atoms with Gasteiger partial charge in [-0.2, -0.15) is 0 Å². The molecule has 2 atom stereocenters. The van der Waals surface area contributed by atoms with Crippen LogP contribution in [0.25, 0.3) is 22.0 Å². The molecule has 35 heavy (non-hydrogen) atoms. The van der Waals surface area contributed by atoms with E-state index in [1.165, 1.54) is 0 Å². The first kappa shape index (κ1) is 22.8. The van der Waals surface area contributed by atoms with E-state index in [0.29, 0.717) is 16.6 Å². The number of hydrogen-bond acceptors (Lipinski definition) is 5. The maximum absolute atomic E-state index is 12.3. The average Bonchev–Trinajstić information content (AvgIpc) is 3.45. The number of aliphatic hydroxyl groups is 2. The molecular formula is C28H26N2O5. The molecule has 1 amide bonds. The Hall–Kier alpha value is -3.94. The number of amides is 1. The lowest BCUT2D eigenvalue weighted by atomic mass is 9.98. The highest BCUT2D eigenvalue weighted by Crippen LogP contribution is 2.44. The van der Waals surface area contributed by atoms with Crippen molar-refractivity contribution in [3.63, 3.8) is 0 Å². The van der Waals surface area contributed by atoms with Gasteiger partial charge in [0.2, 0.25) is 0 Å². The maximum Gasteiger partial charge on any atom is 0.407 e. The number of alkyl carbamates (subject to hydrolysis) is 1. The Morgan fingerprint density at radius 2 is 1.71 bits per heavy atom. The third kappa shape index (κ3) is 4.43. The van der Waals surface area contributed by atoms with Gasteiger partial charge in [-0.15, -0.1) is 0 Å². The van der Waals surface area contributed by atoms with E-state index in [9.17, 15) is 19.8 Å². The molecule has 1 aliphatic rings. The third-order valence-electron chi connectivity index (χ3n) is 6.62. The second-order valence-corrected chi connectivity index (χ2v) is 8.72. The Morgan fingerprint density at radius 3 is 2.40 bits per heavy atom. The van der Waals surface area contributed by atoms with Crippen LogP contribution in [0, 0.1) is 0 Å². The summed E-state index contributed by atoms with van der Waals surface area (Å²) >= 11 is 0. The molecule has 7 heteroatoms. The minimum atomic E-state index is -1.13. The zero-order valence-corrected chi connectivity index (χ0v) is 19.0. The monoisotopic (exact) mass is 470 g/mol. The van der Waals surface area contributed by atoms with Gasteiger partial charge >= 0.3 is 6.09 Å². The third-order valence-corrected chi connectivity index (χ3v) is 6.62. The molecule has 1 heterocycles. The van der Waals surface area contributed by atoms with Gasteiger partial charge in [-0.05, 0) is 40.3 Å². The summed E-state index contributed by atoms with van der Waals surface area (Å²) in [6.45, 7) is 0.360. The van der Waals surface area contributed by atoms with Gasteiger partial charge in [-0.3, -0.25) is 4.79 Å². The number of aldehydes is 1. The lowest BCUT2D eigenvalue weighted by molar-refractivity contribution is 0.0137. The topological polar surface area (TPSA) is 112 Å². The molecule has 0 bridgehead atoms.